The molecule has 0 aromatic heterocycles. The maximum absolute atomic E-state index is 9.02. The van der Waals surface area contributed by atoms with Crippen LogP contribution in [0.1, 0.15) is 0 Å². The van der Waals surface area contributed by atoms with Gasteiger partial charge in [0.25, 0.3) is 0 Å². The third-order valence-electron chi connectivity index (χ3n) is 1.42. The SMILES string of the molecule is CN=C1N(C)CCN1O. The molecule has 0 bridgehead atoms. The van der Waals surface area contributed by atoms with Gasteiger partial charge in [0.15, 0.2) is 0 Å². The lowest BCUT2D eigenvalue weighted by molar-refractivity contribution is -0.00208. The van der Waals surface area contributed by atoms with E-state index >= 15 is 0 Å². The highest BCUT2D eigenvalue weighted by Gasteiger charge is 2.20. The number of aliphatic imine (C=N–C) groups is 1. The fourth-order valence-electron chi connectivity index (χ4n) is 0.928. The van der Waals surface area contributed by atoms with Gasteiger partial charge in [-0.1, -0.05) is 0 Å². The normalized spacial score (nSPS) is 24.1. The molecular weight excluding hydrogens is 118 g/mol. The van der Waals surface area contributed by atoms with Crippen LogP contribution in [0.5, 0.6) is 0 Å². The van der Waals surface area contributed by atoms with Crippen LogP contribution in [0.2, 0.25) is 0 Å². The van der Waals surface area contributed by atoms with Gasteiger partial charge in [-0.05, 0) is 0 Å². The van der Waals surface area contributed by atoms with E-state index in [0.29, 0.717) is 12.5 Å². The van der Waals surface area contributed by atoms with E-state index in [2.05, 4.69) is 4.99 Å². The number of likely N-dealkylation sites (N-methyl/N-ethyl adjacent to an activating group) is 1. The summed E-state index contributed by atoms with van der Waals surface area (Å²) >= 11 is 0. The Bertz CT molecular complexity index is 122. The van der Waals surface area contributed by atoms with E-state index in [4.69, 9.17) is 5.21 Å². The van der Waals surface area contributed by atoms with Crippen molar-refractivity contribution in [2.75, 3.05) is 27.2 Å². The second-order valence-electron chi connectivity index (χ2n) is 2.07. The number of hydrogen-bond acceptors (Lipinski definition) is 2. The van der Waals surface area contributed by atoms with Crippen molar-refractivity contribution in [1.82, 2.24) is 9.96 Å². The van der Waals surface area contributed by atoms with Gasteiger partial charge >= 0.3 is 0 Å². The minimum atomic E-state index is 0.648. The summed E-state index contributed by atoms with van der Waals surface area (Å²) in [5.41, 5.74) is 0. The van der Waals surface area contributed by atoms with Crippen molar-refractivity contribution in [3.63, 3.8) is 0 Å². The second-order valence-corrected chi connectivity index (χ2v) is 2.07. The molecule has 0 amide bonds. The first-order valence-electron chi connectivity index (χ1n) is 2.90. The maximum Gasteiger partial charge on any atom is 0.220 e. The predicted octanol–water partition coefficient (Wildman–Crippen LogP) is -0.391. The predicted molar refractivity (Wildman–Crippen MR) is 34.5 cm³/mol. The van der Waals surface area contributed by atoms with Gasteiger partial charge in [0.2, 0.25) is 5.96 Å². The van der Waals surface area contributed by atoms with E-state index < -0.39 is 0 Å². The van der Waals surface area contributed by atoms with Gasteiger partial charge in [-0.2, -0.15) is 0 Å². The van der Waals surface area contributed by atoms with Gasteiger partial charge < -0.3 is 4.90 Å². The highest BCUT2D eigenvalue weighted by molar-refractivity contribution is 5.80. The maximum atomic E-state index is 9.02. The third-order valence-corrected chi connectivity index (χ3v) is 1.42. The molecule has 0 atom stereocenters. The molecule has 0 aromatic carbocycles. The van der Waals surface area contributed by atoms with Gasteiger partial charge in [0.05, 0.1) is 6.54 Å². The van der Waals surface area contributed by atoms with E-state index in [0.717, 1.165) is 11.6 Å². The fourth-order valence-corrected chi connectivity index (χ4v) is 0.928. The number of nitrogens with zero attached hydrogens (tertiary/aromatic N) is 3. The Morgan fingerprint density at radius 3 is 2.44 bits per heavy atom. The highest BCUT2D eigenvalue weighted by Crippen LogP contribution is 2.01. The summed E-state index contributed by atoms with van der Waals surface area (Å²) in [6, 6.07) is 0. The molecule has 1 saturated heterocycles. The zero-order valence-corrected chi connectivity index (χ0v) is 5.70. The van der Waals surface area contributed by atoms with Crippen molar-refractivity contribution in [3.8, 4) is 0 Å². The molecule has 0 aliphatic carbocycles. The van der Waals surface area contributed by atoms with Crippen LogP contribution in [0.3, 0.4) is 0 Å². The summed E-state index contributed by atoms with van der Waals surface area (Å²) in [6.07, 6.45) is 0. The van der Waals surface area contributed by atoms with Gasteiger partial charge in [-0.15, -0.1) is 0 Å². The standard InChI is InChI=1S/C5H11N3O/c1-6-5-7(2)3-4-8(5)9/h9H,3-4H2,1-2H3. The van der Waals surface area contributed by atoms with Crippen molar-refractivity contribution >= 4 is 5.96 Å². The topological polar surface area (TPSA) is 39.1 Å². The first-order valence-corrected chi connectivity index (χ1v) is 2.90. The Kier molecular flexibility index (Phi) is 1.57. The minimum absolute atomic E-state index is 0.648. The number of guanidine groups is 1. The molecular formula is C5H11N3O. The van der Waals surface area contributed by atoms with Crippen LogP contribution in [0.4, 0.5) is 0 Å². The smallest absolute Gasteiger partial charge is 0.220 e. The molecule has 0 spiro atoms. The molecule has 1 N–H and O–H groups in total. The monoisotopic (exact) mass is 129 g/mol. The van der Waals surface area contributed by atoms with E-state index in [9.17, 15) is 0 Å². The van der Waals surface area contributed by atoms with Crippen LogP contribution in [-0.2, 0) is 0 Å². The largest absolute Gasteiger partial charge is 0.342 e. The molecule has 4 heteroatoms. The molecule has 4 nitrogen and oxygen atoms in total. The molecule has 52 valence electrons. The molecule has 0 saturated carbocycles. The van der Waals surface area contributed by atoms with Crippen LogP contribution in [0, 0.1) is 0 Å². The highest BCUT2D eigenvalue weighted by atomic mass is 16.5. The Morgan fingerprint density at radius 2 is 2.22 bits per heavy atom. The van der Waals surface area contributed by atoms with Crippen LogP contribution in [0.25, 0.3) is 0 Å². The Hall–Kier alpha value is -0.770. The van der Waals surface area contributed by atoms with Crippen molar-refractivity contribution in [1.29, 1.82) is 0 Å². The molecule has 9 heavy (non-hydrogen) atoms. The van der Waals surface area contributed by atoms with Crippen molar-refractivity contribution in [2.24, 2.45) is 4.99 Å². The summed E-state index contributed by atoms with van der Waals surface area (Å²) in [4.78, 5) is 5.77. The molecule has 1 aliphatic rings. The Labute approximate surface area is 54.4 Å². The average Bonchev–Trinajstić information content (AvgIpc) is 2.12. The van der Waals surface area contributed by atoms with E-state index in [1.54, 1.807) is 7.05 Å². The van der Waals surface area contributed by atoms with Gasteiger partial charge in [0.1, 0.15) is 0 Å². The molecule has 0 radical (unpaired) electrons. The lowest BCUT2D eigenvalue weighted by Crippen LogP contribution is -2.28. The van der Waals surface area contributed by atoms with Crippen LogP contribution < -0.4 is 0 Å². The molecule has 1 aliphatic heterocycles. The van der Waals surface area contributed by atoms with Gasteiger partial charge in [0, 0.05) is 20.6 Å². The van der Waals surface area contributed by atoms with Crippen LogP contribution in [-0.4, -0.2) is 48.3 Å². The van der Waals surface area contributed by atoms with Gasteiger partial charge in [-0.3, -0.25) is 10.2 Å². The lowest BCUT2D eigenvalue weighted by atomic mass is 10.7. The summed E-state index contributed by atoms with van der Waals surface area (Å²) in [7, 11) is 3.57. The second kappa shape index (κ2) is 2.23. The minimum Gasteiger partial charge on any atom is -0.342 e. The van der Waals surface area contributed by atoms with Crippen molar-refractivity contribution in [2.45, 2.75) is 0 Å². The number of hydrogen-bond donors (Lipinski definition) is 1. The molecule has 1 fully saturated rings. The van der Waals surface area contributed by atoms with E-state index in [1.807, 2.05) is 11.9 Å². The zero-order chi connectivity index (χ0) is 6.85. The fraction of sp³-hybridized carbons (Fsp3) is 0.800. The average molecular weight is 129 g/mol. The summed E-state index contributed by atoms with van der Waals surface area (Å²) in [5, 5.41) is 10.2. The van der Waals surface area contributed by atoms with Gasteiger partial charge in [-0.25, -0.2) is 5.06 Å². The van der Waals surface area contributed by atoms with Crippen LogP contribution >= 0.6 is 0 Å². The lowest BCUT2D eigenvalue weighted by Gasteiger charge is -2.12. The summed E-state index contributed by atoms with van der Waals surface area (Å²) in [6.45, 7) is 1.51. The molecule has 0 aromatic rings. The first-order chi connectivity index (χ1) is 4.25. The van der Waals surface area contributed by atoms with Crippen LogP contribution in [0.15, 0.2) is 4.99 Å². The molecule has 1 heterocycles. The van der Waals surface area contributed by atoms with E-state index in [1.165, 1.54) is 0 Å². The molecule has 0 unspecified atom stereocenters. The summed E-state index contributed by atoms with van der Waals surface area (Å²) in [5.74, 6) is 0.648. The Morgan fingerprint density at radius 1 is 1.56 bits per heavy atom. The zero-order valence-electron chi connectivity index (χ0n) is 5.70. The Balaban J connectivity index is 2.66. The number of hydroxylamine groups is 2. The van der Waals surface area contributed by atoms with Crippen molar-refractivity contribution in [3.05, 3.63) is 0 Å². The third kappa shape index (κ3) is 0.977. The quantitative estimate of drug-likeness (QED) is 0.484. The molecule has 1 rings (SSSR count). The number of rotatable bonds is 0. The van der Waals surface area contributed by atoms with E-state index in [-0.39, 0.29) is 0 Å². The summed E-state index contributed by atoms with van der Waals surface area (Å²) < 4.78 is 0. The first kappa shape index (κ1) is 6.35. The van der Waals surface area contributed by atoms with Crippen molar-refractivity contribution < 1.29 is 5.21 Å².